The lowest BCUT2D eigenvalue weighted by Crippen LogP contribution is -1.96. The zero-order valence-electron chi connectivity index (χ0n) is 12.5. The van der Waals surface area contributed by atoms with Gasteiger partial charge in [0.1, 0.15) is 6.61 Å². The molecule has 0 saturated carbocycles. The summed E-state index contributed by atoms with van der Waals surface area (Å²) >= 11 is 0. The molecule has 1 aromatic heterocycles. The van der Waals surface area contributed by atoms with Gasteiger partial charge in [-0.2, -0.15) is 0 Å². The molecule has 0 aliphatic rings. The number of hydrogen-bond acceptors (Lipinski definition) is 3. The first-order valence-corrected chi connectivity index (χ1v) is 7.26. The van der Waals surface area contributed by atoms with Gasteiger partial charge in [-0.3, -0.25) is 0 Å². The van der Waals surface area contributed by atoms with Crippen molar-refractivity contribution < 1.29 is 4.74 Å². The molecule has 3 nitrogen and oxygen atoms in total. The van der Waals surface area contributed by atoms with Crippen LogP contribution in [0.15, 0.2) is 72.9 Å². The molecule has 2 aromatic carbocycles. The van der Waals surface area contributed by atoms with Crippen LogP contribution in [0.1, 0.15) is 5.56 Å². The van der Waals surface area contributed by atoms with Gasteiger partial charge in [-0.05, 0) is 29.3 Å². The van der Waals surface area contributed by atoms with Gasteiger partial charge in [0, 0.05) is 30.6 Å². The van der Waals surface area contributed by atoms with E-state index in [0.29, 0.717) is 12.5 Å². The number of nitrogens with one attached hydrogen (secondary N) is 1. The molecule has 0 aliphatic carbocycles. The molecule has 3 heteroatoms. The minimum atomic E-state index is 0.530. The zero-order chi connectivity index (χ0) is 15.2. The van der Waals surface area contributed by atoms with Gasteiger partial charge in [-0.1, -0.05) is 42.5 Å². The van der Waals surface area contributed by atoms with Gasteiger partial charge in [0.05, 0.1) is 0 Å². The lowest BCUT2D eigenvalue weighted by atomic mass is 10.1. The second-order valence-corrected chi connectivity index (χ2v) is 4.99. The predicted molar refractivity (Wildman–Crippen MR) is 90.0 cm³/mol. The van der Waals surface area contributed by atoms with Crippen LogP contribution in [0.2, 0.25) is 0 Å². The van der Waals surface area contributed by atoms with Crippen LogP contribution in [0, 0.1) is 0 Å². The number of anilines is 1. The van der Waals surface area contributed by atoms with Gasteiger partial charge < -0.3 is 10.1 Å². The molecule has 0 aliphatic heterocycles. The Bertz CT molecular complexity index is 724. The fourth-order valence-corrected chi connectivity index (χ4v) is 2.22. The fraction of sp³-hybridized carbons (Fsp3) is 0.105. The highest BCUT2D eigenvalue weighted by Gasteiger charge is 2.01. The first-order chi connectivity index (χ1) is 10.8. The number of rotatable bonds is 5. The quantitative estimate of drug-likeness (QED) is 0.757. The minimum Gasteiger partial charge on any atom is -0.473 e. The Morgan fingerprint density at radius 2 is 1.77 bits per heavy atom. The smallest absolute Gasteiger partial charge is 0.213 e. The third-order valence-corrected chi connectivity index (χ3v) is 3.45. The predicted octanol–water partition coefficient (Wildman–Crippen LogP) is 4.37. The van der Waals surface area contributed by atoms with Crippen molar-refractivity contribution in [2.45, 2.75) is 6.61 Å². The van der Waals surface area contributed by atoms with Crippen molar-refractivity contribution in [2.75, 3.05) is 12.4 Å². The van der Waals surface area contributed by atoms with Gasteiger partial charge in [0.15, 0.2) is 0 Å². The van der Waals surface area contributed by atoms with Crippen LogP contribution in [0.3, 0.4) is 0 Å². The molecule has 0 amide bonds. The second-order valence-electron chi connectivity index (χ2n) is 4.99. The van der Waals surface area contributed by atoms with Gasteiger partial charge in [-0.25, -0.2) is 4.98 Å². The molecule has 0 spiro atoms. The maximum Gasteiger partial charge on any atom is 0.213 e. The molecule has 22 heavy (non-hydrogen) atoms. The third-order valence-electron chi connectivity index (χ3n) is 3.45. The largest absolute Gasteiger partial charge is 0.473 e. The Hall–Kier alpha value is -2.81. The maximum absolute atomic E-state index is 5.70. The molecule has 1 heterocycles. The van der Waals surface area contributed by atoms with Crippen molar-refractivity contribution in [1.29, 1.82) is 0 Å². The highest BCUT2D eigenvalue weighted by molar-refractivity contribution is 5.67. The van der Waals surface area contributed by atoms with Gasteiger partial charge in [0.25, 0.3) is 0 Å². The van der Waals surface area contributed by atoms with E-state index in [-0.39, 0.29) is 0 Å². The molecular formula is C19H18N2O. The molecule has 0 unspecified atom stereocenters. The first-order valence-electron chi connectivity index (χ1n) is 7.26. The molecule has 1 N–H and O–H groups in total. The molecule has 0 bridgehead atoms. The summed E-state index contributed by atoms with van der Waals surface area (Å²) in [6, 6.07) is 22.3. The van der Waals surface area contributed by atoms with Crippen molar-refractivity contribution in [3.63, 3.8) is 0 Å². The monoisotopic (exact) mass is 290 g/mol. The first kappa shape index (κ1) is 14.1. The summed E-state index contributed by atoms with van der Waals surface area (Å²) in [4.78, 5) is 4.38. The van der Waals surface area contributed by atoms with Gasteiger partial charge in [-0.15, -0.1) is 0 Å². The van der Waals surface area contributed by atoms with Crippen molar-refractivity contribution in [3.05, 3.63) is 78.5 Å². The summed E-state index contributed by atoms with van der Waals surface area (Å²) in [7, 11) is 1.91. The Balaban J connectivity index is 1.69. The van der Waals surface area contributed by atoms with Crippen molar-refractivity contribution >= 4 is 5.69 Å². The third kappa shape index (κ3) is 3.44. The van der Waals surface area contributed by atoms with Gasteiger partial charge >= 0.3 is 0 Å². The Morgan fingerprint density at radius 1 is 0.909 bits per heavy atom. The van der Waals surface area contributed by atoms with Crippen LogP contribution in [0.4, 0.5) is 5.69 Å². The summed E-state index contributed by atoms with van der Waals surface area (Å²) in [6.45, 7) is 0.530. The summed E-state index contributed by atoms with van der Waals surface area (Å²) in [5.74, 6) is 0.636. The van der Waals surface area contributed by atoms with E-state index in [0.717, 1.165) is 22.4 Å². The summed E-state index contributed by atoms with van der Waals surface area (Å²) in [5, 5.41) is 3.14. The second kappa shape index (κ2) is 6.76. The molecule has 0 saturated heterocycles. The maximum atomic E-state index is 5.70. The van der Waals surface area contributed by atoms with Crippen LogP contribution in [-0.2, 0) is 6.61 Å². The molecular weight excluding hydrogens is 272 g/mol. The van der Waals surface area contributed by atoms with Gasteiger partial charge in [0.2, 0.25) is 5.88 Å². The number of ether oxygens (including phenoxy) is 1. The van der Waals surface area contributed by atoms with E-state index in [4.69, 9.17) is 4.74 Å². The van der Waals surface area contributed by atoms with Crippen molar-refractivity contribution in [3.8, 4) is 17.0 Å². The number of benzene rings is 2. The van der Waals surface area contributed by atoms with Crippen molar-refractivity contribution in [2.24, 2.45) is 0 Å². The molecule has 3 rings (SSSR count). The average Bonchev–Trinajstić information content (AvgIpc) is 2.61. The van der Waals surface area contributed by atoms with E-state index in [1.165, 1.54) is 0 Å². The fourth-order valence-electron chi connectivity index (χ4n) is 2.22. The van der Waals surface area contributed by atoms with E-state index >= 15 is 0 Å². The van der Waals surface area contributed by atoms with E-state index in [1.807, 2.05) is 67.8 Å². The zero-order valence-corrected chi connectivity index (χ0v) is 12.5. The average molecular weight is 290 g/mol. The highest BCUT2D eigenvalue weighted by atomic mass is 16.5. The van der Waals surface area contributed by atoms with Crippen LogP contribution in [-0.4, -0.2) is 12.0 Å². The minimum absolute atomic E-state index is 0.530. The molecule has 110 valence electrons. The normalized spacial score (nSPS) is 10.2. The van der Waals surface area contributed by atoms with E-state index in [1.54, 1.807) is 0 Å². The number of hydrogen-bond donors (Lipinski definition) is 1. The van der Waals surface area contributed by atoms with Crippen LogP contribution in [0.5, 0.6) is 5.88 Å². The molecule has 3 aromatic rings. The highest BCUT2D eigenvalue weighted by Crippen LogP contribution is 2.23. The Morgan fingerprint density at radius 3 is 2.50 bits per heavy atom. The van der Waals surface area contributed by atoms with Crippen LogP contribution >= 0.6 is 0 Å². The molecule has 0 radical (unpaired) electrons. The number of nitrogens with zero attached hydrogens (tertiary/aromatic N) is 1. The Labute approximate surface area is 130 Å². The van der Waals surface area contributed by atoms with Crippen LogP contribution in [0.25, 0.3) is 11.1 Å². The molecule has 0 fully saturated rings. The SMILES string of the molecule is CNc1cccc(-c2ccc(OCc3ccccc3)nc2)c1. The molecule has 0 atom stereocenters. The summed E-state index contributed by atoms with van der Waals surface area (Å²) in [5.41, 5.74) is 4.43. The van der Waals surface area contributed by atoms with Crippen LogP contribution < -0.4 is 10.1 Å². The van der Waals surface area contributed by atoms with E-state index in [9.17, 15) is 0 Å². The summed E-state index contributed by atoms with van der Waals surface area (Å²) < 4.78 is 5.70. The lowest BCUT2D eigenvalue weighted by Gasteiger charge is -2.07. The lowest BCUT2D eigenvalue weighted by molar-refractivity contribution is 0.294. The topological polar surface area (TPSA) is 34.1 Å². The standard InChI is InChI=1S/C19H18N2O/c1-20-18-9-5-8-16(12-18)17-10-11-19(21-13-17)22-14-15-6-3-2-4-7-15/h2-13,20H,14H2,1H3. The number of pyridine rings is 1. The van der Waals surface area contributed by atoms with E-state index in [2.05, 4.69) is 22.4 Å². The van der Waals surface area contributed by atoms with E-state index < -0.39 is 0 Å². The number of aromatic nitrogens is 1. The summed E-state index contributed by atoms with van der Waals surface area (Å²) in [6.07, 6.45) is 1.84. The Kier molecular flexibility index (Phi) is 4.35. The van der Waals surface area contributed by atoms with Crippen molar-refractivity contribution in [1.82, 2.24) is 4.98 Å².